The highest BCUT2D eigenvalue weighted by atomic mass is 32.1. The molecule has 0 fully saturated rings. The highest BCUT2D eigenvalue weighted by Gasteiger charge is 2.33. The smallest absolute Gasteiger partial charge is 0.338 e. The maximum absolute atomic E-state index is 12.9. The number of carbonyl (C=O) groups excluding carboxylic acids is 2. The number of rotatable bonds is 10. The Morgan fingerprint density at radius 1 is 1.26 bits per heavy atom. The van der Waals surface area contributed by atoms with Crippen molar-refractivity contribution in [3.63, 3.8) is 0 Å². The van der Waals surface area contributed by atoms with Gasteiger partial charge in [-0.3, -0.25) is 4.79 Å². The summed E-state index contributed by atoms with van der Waals surface area (Å²) in [4.78, 5) is 27.0. The van der Waals surface area contributed by atoms with Crippen LogP contribution in [0.4, 0.5) is 5.69 Å². The van der Waals surface area contributed by atoms with Crippen LogP contribution in [0.1, 0.15) is 71.4 Å². The molecular formula is C24H35N3O3S. The number of allylic oxidation sites excluding steroid dienone is 1. The Morgan fingerprint density at radius 2 is 2.00 bits per heavy atom. The third-order valence-corrected chi connectivity index (χ3v) is 5.67. The minimum absolute atomic E-state index is 0.00315. The first-order valence-electron chi connectivity index (χ1n) is 11.1. The predicted molar refractivity (Wildman–Crippen MR) is 129 cm³/mol. The molecule has 0 radical (unpaired) electrons. The van der Waals surface area contributed by atoms with Crippen molar-refractivity contribution >= 4 is 34.9 Å². The van der Waals surface area contributed by atoms with Crippen molar-refractivity contribution in [2.24, 2.45) is 5.92 Å². The predicted octanol–water partition coefficient (Wildman–Crippen LogP) is 4.93. The number of thiocarbonyl (C=S) groups is 1. The van der Waals surface area contributed by atoms with Crippen LogP contribution in [0, 0.1) is 5.92 Å². The second kappa shape index (κ2) is 11.8. The molecule has 1 aliphatic heterocycles. The van der Waals surface area contributed by atoms with Gasteiger partial charge in [-0.05, 0) is 49.2 Å². The van der Waals surface area contributed by atoms with E-state index in [0.717, 1.165) is 36.9 Å². The molecule has 1 heterocycles. The number of amides is 1. The first-order valence-corrected chi connectivity index (χ1v) is 11.5. The van der Waals surface area contributed by atoms with E-state index in [0.29, 0.717) is 29.4 Å². The highest BCUT2D eigenvalue weighted by molar-refractivity contribution is 7.80. The third-order valence-electron chi connectivity index (χ3n) is 5.28. The van der Waals surface area contributed by atoms with E-state index in [1.807, 2.05) is 52.1 Å². The van der Waals surface area contributed by atoms with Crippen LogP contribution in [0.3, 0.4) is 0 Å². The van der Waals surface area contributed by atoms with Gasteiger partial charge in [-0.15, -0.1) is 0 Å². The Labute approximate surface area is 191 Å². The van der Waals surface area contributed by atoms with E-state index in [1.54, 1.807) is 4.90 Å². The third kappa shape index (κ3) is 7.06. The molecule has 0 saturated heterocycles. The van der Waals surface area contributed by atoms with E-state index in [1.165, 1.54) is 0 Å². The number of nitrogens with zero attached hydrogens (tertiary/aromatic N) is 1. The van der Waals surface area contributed by atoms with Gasteiger partial charge in [0.1, 0.15) is 0 Å². The topological polar surface area (TPSA) is 70.7 Å². The monoisotopic (exact) mass is 445 g/mol. The molecule has 0 aromatic heterocycles. The Hall–Kier alpha value is -2.41. The zero-order chi connectivity index (χ0) is 23.0. The Bertz CT molecular complexity index is 835. The highest BCUT2D eigenvalue weighted by Crippen LogP contribution is 2.32. The number of nitrogens with one attached hydrogen (secondary N) is 2. The lowest BCUT2D eigenvalue weighted by molar-refractivity contribution is -0.140. The SMILES string of the molecule is CCCCCCC(=O)Nc1cccc(C2NC(=S)N(C)C(C)=C2C(=O)OCC(C)C)c1. The molecule has 1 unspecified atom stereocenters. The summed E-state index contributed by atoms with van der Waals surface area (Å²) in [6.07, 6.45) is 4.74. The van der Waals surface area contributed by atoms with Gasteiger partial charge < -0.3 is 20.3 Å². The largest absolute Gasteiger partial charge is 0.462 e. The second-order valence-corrected chi connectivity index (χ2v) is 8.80. The zero-order valence-electron chi connectivity index (χ0n) is 19.3. The first-order chi connectivity index (χ1) is 14.7. The molecule has 0 spiro atoms. The lowest BCUT2D eigenvalue weighted by Crippen LogP contribution is -2.46. The number of anilines is 1. The molecule has 0 bridgehead atoms. The number of hydrogen-bond donors (Lipinski definition) is 2. The maximum Gasteiger partial charge on any atom is 0.338 e. The number of benzene rings is 1. The normalized spacial score (nSPS) is 16.4. The molecule has 170 valence electrons. The lowest BCUT2D eigenvalue weighted by atomic mass is 9.94. The van der Waals surface area contributed by atoms with Crippen LogP contribution in [0.2, 0.25) is 0 Å². The second-order valence-electron chi connectivity index (χ2n) is 8.42. The summed E-state index contributed by atoms with van der Waals surface area (Å²) in [6, 6.07) is 7.10. The molecule has 2 rings (SSSR count). The van der Waals surface area contributed by atoms with Gasteiger partial charge in [0.25, 0.3) is 0 Å². The molecule has 6 nitrogen and oxygen atoms in total. The molecule has 1 aliphatic rings. The van der Waals surface area contributed by atoms with Crippen LogP contribution in [-0.4, -0.2) is 35.5 Å². The summed E-state index contributed by atoms with van der Waals surface area (Å²) in [5, 5.41) is 6.75. The molecule has 1 aromatic carbocycles. The molecule has 0 saturated carbocycles. The van der Waals surface area contributed by atoms with Crippen molar-refractivity contribution in [2.45, 2.75) is 65.8 Å². The van der Waals surface area contributed by atoms with E-state index in [4.69, 9.17) is 17.0 Å². The van der Waals surface area contributed by atoms with Crippen LogP contribution >= 0.6 is 12.2 Å². The Morgan fingerprint density at radius 3 is 2.68 bits per heavy atom. The molecular weight excluding hydrogens is 410 g/mol. The van der Waals surface area contributed by atoms with Crippen molar-refractivity contribution in [3.05, 3.63) is 41.1 Å². The summed E-state index contributed by atoms with van der Waals surface area (Å²) in [7, 11) is 1.83. The number of ether oxygens (including phenoxy) is 1. The summed E-state index contributed by atoms with van der Waals surface area (Å²) < 4.78 is 5.53. The van der Waals surface area contributed by atoms with Gasteiger partial charge in [-0.2, -0.15) is 0 Å². The van der Waals surface area contributed by atoms with E-state index < -0.39 is 6.04 Å². The molecule has 0 aliphatic carbocycles. The van der Waals surface area contributed by atoms with Crippen molar-refractivity contribution < 1.29 is 14.3 Å². The average Bonchev–Trinajstić information content (AvgIpc) is 2.73. The number of hydrogen-bond acceptors (Lipinski definition) is 4. The van der Waals surface area contributed by atoms with Crippen LogP contribution < -0.4 is 10.6 Å². The van der Waals surface area contributed by atoms with E-state index in [9.17, 15) is 9.59 Å². The fourth-order valence-corrected chi connectivity index (χ4v) is 3.66. The quantitative estimate of drug-likeness (QED) is 0.302. The van der Waals surface area contributed by atoms with Gasteiger partial charge in [-0.25, -0.2) is 4.79 Å². The zero-order valence-corrected chi connectivity index (χ0v) is 20.1. The van der Waals surface area contributed by atoms with Gasteiger partial charge in [-0.1, -0.05) is 52.2 Å². The van der Waals surface area contributed by atoms with Gasteiger partial charge >= 0.3 is 5.97 Å². The van der Waals surface area contributed by atoms with Crippen LogP contribution in [0.25, 0.3) is 0 Å². The lowest BCUT2D eigenvalue weighted by Gasteiger charge is -2.35. The summed E-state index contributed by atoms with van der Waals surface area (Å²) in [5.41, 5.74) is 2.83. The first kappa shape index (κ1) is 24.9. The van der Waals surface area contributed by atoms with E-state index in [-0.39, 0.29) is 17.8 Å². The van der Waals surface area contributed by atoms with Crippen molar-refractivity contribution in [1.29, 1.82) is 0 Å². The molecule has 31 heavy (non-hydrogen) atoms. The summed E-state index contributed by atoms with van der Waals surface area (Å²) in [6.45, 7) is 8.37. The molecule has 7 heteroatoms. The number of carbonyl (C=O) groups is 2. The van der Waals surface area contributed by atoms with Crippen molar-refractivity contribution in [3.8, 4) is 0 Å². The van der Waals surface area contributed by atoms with Crippen LogP contribution in [-0.2, 0) is 14.3 Å². The molecule has 2 N–H and O–H groups in total. The van der Waals surface area contributed by atoms with Gasteiger partial charge in [0.15, 0.2) is 5.11 Å². The number of unbranched alkanes of at least 4 members (excludes halogenated alkanes) is 3. The van der Waals surface area contributed by atoms with E-state index in [2.05, 4.69) is 17.6 Å². The van der Waals surface area contributed by atoms with E-state index >= 15 is 0 Å². The van der Waals surface area contributed by atoms with Crippen LogP contribution in [0.15, 0.2) is 35.5 Å². The van der Waals surface area contributed by atoms with Crippen LogP contribution in [0.5, 0.6) is 0 Å². The van der Waals surface area contributed by atoms with Gasteiger partial charge in [0, 0.05) is 24.9 Å². The Kier molecular flexibility index (Phi) is 9.49. The fraction of sp³-hybridized carbons (Fsp3) is 0.542. The minimum Gasteiger partial charge on any atom is -0.462 e. The van der Waals surface area contributed by atoms with Crippen molar-refractivity contribution in [2.75, 3.05) is 19.0 Å². The number of esters is 1. The maximum atomic E-state index is 12.9. The Balaban J connectivity index is 2.22. The summed E-state index contributed by atoms with van der Waals surface area (Å²) >= 11 is 5.46. The molecule has 1 aromatic rings. The van der Waals surface area contributed by atoms with Gasteiger partial charge in [0.2, 0.25) is 5.91 Å². The minimum atomic E-state index is -0.440. The standard InChI is InChI=1S/C24H35N3O3S/c1-6-7-8-9-13-20(28)25-19-12-10-11-18(14-19)22-21(23(29)30-15-16(2)3)17(4)27(5)24(31)26-22/h10-12,14,16,22H,6-9,13,15H2,1-5H3,(H,25,28)(H,26,31). The molecule has 1 atom stereocenters. The average molecular weight is 446 g/mol. The van der Waals surface area contributed by atoms with Gasteiger partial charge in [0.05, 0.1) is 18.2 Å². The molecule has 1 amide bonds. The van der Waals surface area contributed by atoms with Crippen molar-refractivity contribution in [1.82, 2.24) is 10.2 Å². The fourth-order valence-electron chi connectivity index (χ4n) is 3.40. The summed E-state index contributed by atoms with van der Waals surface area (Å²) in [5.74, 6) is -0.110.